The molecule has 20 heavy (non-hydrogen) atoms. The van der Waals surface area contributed by atoms with E-state index in [1.165, 1.54) is 0 Å². The summed E-state index contributed by atoms with van der Waals surface area (Å²) in [5.74, 6) is -0.104. The number of quaternary nitrogens is 1. The van der Waals surface area contributed by atoms with Crippen molar-refractivity contribution in [2.45, 2.75) is 20.3 Å². The first-order valence-electron chi connectivity index (χ1n) is 6.96. The summed E-state index contributed by atoms with van der Waals surface area (Å²) in [6.45, 7) is 5.22. The molecule has 0 saturated carbocycles. The predicted molar refractivity (Wildman–Crippen MR) is 79.7 cm³/mol. The summed E-state index contributed by atoms with van der Waals surface area (Å²) in [5, 5.41) is 5.67. The van der Waals surface area contributed by atoms with Gasteiger partial charge in [-0.3, -0.25) is 9.59 Å². The van der Waals surface area contributed by atoms with Crippen LogP contribution in [0.25, 0.3) is 0 Å². The van der Waals surface area contributed by atoms with Crippen LogP contribution >= 0.6 is 0 Å². The van der Waals surface area contributed by atoms with Gasteiger partial charge in [0.15, 0.2) is 13.1 Å². The van der Waals surface area contributed by atoms with Gasteiger partial charge in [-0.05, 0) is 25.0 Å². The molecule has 0 saturated heterocycles. The van der Waals surface area contributed by atoms with Crippen molar-refractivity contribution in [1.82, 2.24) is 5.32 Å². The second-order valence-corrected chi connectivity index (χ2v) is 5.02. The van der Waals surface area contributed by atoms with Crippen molar-refractivity contribution in [2.24, 2.45) is 0 Å². The number of hydrogen-bond acceptors (Lipinski definition) is 2. The van der Waals surface area contributed by atoms with Crippen molar-refractivity contribution < 1.29 is 14.5 Å². The Morgan fingerprint density at radius 3 is 2.45 bits per heavy atom. The maximum Gasteiger partial charge on any atom is 0.279 e. The summed E-state index contributed by atoms with van der Waals surface area (Å²) in [4.78, 5) is 24.3. The van der Waals surface area contributed by atoms with Crippen molar-refractivity contribution in [2.75, 3.05) is 32.0 Å². The molecular weight excluding hydrogens is 254 g/mol. The van der Waals surface area contributed by atoms with Gasteiger partial charge in [-0.25, -0.2) is 0 Å². The molecule has 2 amide bonds. The quantitative estimate of drug-likeness (QED) is 0.656. The minimum atomic E-state index is -0.0832. The largest absolute Gasteiger partial charge is 0.351 e. The fraction of sp³-hybridized carbons (Fsp3) is 0.467. The van der Waals surface area contributed by atoms with Gasteiger partial charge in [0.1, 0.15) is 0 Å². The summed E-state index contributed by atoms with van der Waals surface area (Å²) in [6, 6.07) is 7.64. The molecule has 0 radical (unpaired) electrons. The number of nitrogens with one attached hydrogen (secondary N) is 3. The van der Waals surface area contributed by atoms with Crippen molar-refractivity contribution in [3.8, 4) is 0 Å². The molecule has 3 N–H and O–H groups in total. The van der Waals surface area contributed by atoms with Gasteiger partial charge >= 0.3 is 0 Å². The molecule has 0 bridgehead atoms. The standard InChI is InChI=1S/C15H23N3O2/c1-4-9-16-14(19)10-18(3)11-15(20)17-13-8-6-5-7-12(13)2/h5-8H,4,9-11H2,1-3H3,(H,16,19)(H,17,20)/p+1. The van der Waals surface area contributed by atoms with Gasteiger partial charge in [0.05, 0.1) is 7.05 Å². The van der Waals surface area contributed by atoms with E-state index in [0.717, 1.165) is 22.6 Å². The minimum absolute atomic E-state index is 0.0203. The molecule has 110 valence electrons. The van der Waals surface area contributed by atoms with Crippen LogP contribution in [-0.2, 0) is 9.59 Å². The normalized spacial score (nSPS) is 11.8. The lowest BCUT2D eigenvalue weighted by Crippen LogP contribution is -3.11. The number of hydrogen-bond donors (Lipinski definition) is 3. The van der Waals surface area contributed by atoms with E-state index in [0.29, 0.717) is 13.1 Å². The number of para-hydroxylation sites is 1. The van der Waals surface area contributed by atoms with Gasteiger partial charge in [0.2, 0.25) is 0 Å². The molecule has 0 aromatic heterocycles. The van der Waals surface area contributed by atoms with Gasteiger partial charge in [-0.1, -0.05) is 25.1 Å². The summed E-state index contributed by atoms with van der Waals surface area (Å²) >= 11 is 0. The zero-order chi connectivity index (χ0) is 15.0. The molecule has 0 fully saturated rings. The SMILES string of the molecule is CCCNC(=O)C[NH+](C)CC(=O)Nc1ccccc1C. The summed E-state index contributed by atoms with van der Waals surface area (Å²) < 4.78 is 0. The molecule has 0 aliphatic heterocycles. The van der Waals surface area contributed by atoms with Gasteiger partial charge in [0, 0.05) is 12.2 Å². The molecule has 1 rings (SSSR count). The van der Waals surface area contributed by atoms with Crippen LogP contribution in [0.5, 0.6) is 0 Å². The third kappa shape index (κ3) is 5.84. The number of amides is 2. The Balaban J connectivity index is 2.38. The van der Waals surface area contributed by atoms with Crippen LogP contribution in [-0.4, -0.2) is 38.5 Å². The minimum Gasteiger partial charge on any atom is -0.351 e. The highest BCUT2D eigenvalue weighted by atomic mass is 16.2. The van der Waals surface area contributed by atoms with E-state index in [1.807, 2.05) is 45.2 Å². The van der Waals surface area contributed by atoms with E-state index in [-0.39, 0.29) is 18.4 Å². The summed E-state index contributed by atoms with van der Waals surface area (Å²) in [5.41, 5.74) is 1.85. The Morgan fingerprint density at radius 1 is 1.15 bits per heavy atom. The van der Waals surface area contributed by atoms with Crippen LogP contribution in [0, 0.1) is 6.92 Å². The zero-order valence-electron chi connectivity index (χ0n) is 12.5. The molecule has 1 aromatic rings. The fourth-order valence-corrected chi connectivity index (χ4v) is 1.85. The Hall–Kier alpha value is -1.88. The third-order valence-electron chi connectivity index (χ3n) is 2.92. The lowest BCUT2D eigenvalue weighted by atomic mass is 10.2. The molecule has 5 heteroatoms. The Kier molecular flexibility index (Phi) is 6.73. The first-order valence-corrected chi connectivity index (χ1v) is 6.96. The number of carbonyl (C=O) groups excluding carboxylic acids is 2. The number of aryl methyl sites for hydroxylation is 1. The number of carbonyl (C=O) groups is 2. The van der Waals surface area contributed by atoms with E-state index >= 15 is 0 Å². The smallest absolute Gasteiger partial charge is 0.279 e. The van der Waals surface area contributed by atoms with E-state index < -0.39 is 0 Å². The van der Waals surface area contributed by atoms with Gasteiger partial charge < -0.3 is 15.5 Å². The van der Waals surface area contributed by atoms with Gasteiger partial charge in [-0.2, -0.15) is 0 Å². The monoisotopic (exact) mass is 278 g/mol. The maximum atomic E-state index is 11.9. The molecule has 0 spiro atoms. The van der Waals surface area contributed by atoms with Crippen LogP contribution in [0.4, 0.5) is 5.69 Å². The third-order valence-corrected chi connectivity index (χ3v) is 2.92. The summed E-state index contributed by atoms with van der Waals surface area (Å²) in [6.07, 6.45) is 0.915. The van der Waals surface area contributed by atoms with Crippen molar-refractivity contribution in [3.05, 3.63) is 29.8 Å². The van der Waals surface area contributed by atoms with E-state index in [2.05, 4.69) is 10.6 Å². The van der Waals surface area contributed by atoms with Crippen molar-refractivity contribution in [1.29, 1.82) is 0 Å². The maximum absolute atomic E-state index is 11.9. The van der Waals surface area contributed by atoms with Crippen molar-refractivity contribution in [3.63, 3.8) is 0 Å². The van der Waals surface area contributed by atoms with Gasteiger partial charge in [0.25, 0.3) is 11.8 Å². The highest BCUT2D eigenvalue weighted by Gasteiger charge is 2.14. The predicted octanol–water partition coefficient (Wildman–Crippen LogP) is -0.0256. The Labute approximate surface area is 120 Å². The number of rotatable bonds is 7. The number of anilines is 1. The van der Waals surface area contributed by atoms with Crippen LogP contribution in [0.2, 0.25) is 0 Å². The van der Waals surface area contributed by atoms with Crippen molar-refractivity contribution >= 4 is 17.5 Å². The second kappa shape index (κ2) is 8.32. The molecule has 5 nitrogen and oxygen atoms in total. The lowest BCUT2D eigenvalue weighted by molar-refractivity contribution is -0.862. The molecule has 1 unspecified atom stereocenters. The second-order valence-electron chi connectivity index (χ2n) is 5.02. The number of benzene rings is 1. The average molecular weight is 278 g/mol. The topological polar surface area (TPSA) is 62.6 Å². The van der Waals surface area contributed by atoms with E-state index in [9.17, 15) is 9.59 Å². The van der Waals surface area contributed by atoms with Crippen LogP contribution < -0.4 is 15.5 Å². The summed E-state index contributed by atoms with van der Waals surface area (Å²) in [7, 11) is 1.84. The lowest BCUT2D eigenvalue weighted by Gasteiger charge is -2.14. The molecule has 1 atom stereocenters. The first kappa shape index (κ1) is 16.2. The molecule has 0 aliphatic carbocycles. The van der Waals surface area contributed by atoms with Gasteiger partial charge in [-0.15, -0.1) is 0 Å². The average Bonchev–Trinajstić information content (AvgIpc) is 2.38. The zero-order valence-corrected chi connectivity index (χ0v) is 12.5. The molecular formula is C15H24N3O2+. The Morgan fingerprint density at radius 2 is 1.80 bits per heavy atom. The first-order chi connectivity index (χ1) is 9.52. The molecule has 0 aliphatic rings. The highest BCUT2D eigenvalue weighted by molar-refractivity contribution is 5.92. The number of likely N-dealkylation sites (N-methyl/N-ethyl adjacent to an activating group) is 1. The van der Waals surface area contributed by atoms with E-state index in [4.69, 9.17) is 0 Å². The van der Waals surface area contributed by atoms with Crippen LogP contribution in [0.15, 0.2) is 24.3 Å². The highest BCUT2D eigenvalue weighted by Crippen LogP contribution is 2.12. The van der Waals surface area contributed by atoms with Crippen LogP contribution in [0.1, 0.15) is 18.9 Å². The fourth-order valence-electron chi connectivity index (χ4n) is 1.85. The van der Waals surface area contributed by atoms with Crippen LogP contribution in [0.3, 0.4) is 0 Å². The Bertz CT molecular complexity index is 460. The molecule has 0 heterocycles. The molecule has 1 aromatic carbocycles. The van der Waals surface area contributed by atoms with E-state index in [1.54, 1.807) is 0 Å².